The van der Waals surface area contributed by atoms with Crippen LogP contribution in [0.15, 0.2) is 24.3 Å². The average molecular weight is 244 g/mol. The summed E-state index contributed by atoms with van der Waals surface area (Å²) in [6.45, 7) is 7.36. The van der Waals surface area contributed by atoms with E-state index in [9.17, 15) is 0 Å². The summed E-state index contributed by atoms with van der Waals surface area (Å²) in [5.41, 5.74) is 3.06. The zero-order valence-electron chi connectivity index (χ0n) is 11.4. The SMILES string of the molecule is CCCCN1CCCN2c3ccccc3CC2C1. The molecule has 1 saturated heterocycles. The van der Waals surface area contributed by atoms with E-state index in [0.717, 1.165) is 6.04 Å². The molecule has 0 aromatic heterocycles. The second-order valence-electron chi connectivity index (χ2n) is 5.69. The number of fused-ring (bicyclic) bond motifs is 3. The molecule has 2 heteroatoms. The number of benzene rings is 1. The van der Waals surface area contributed by atoms with Crippen LogP contribution in [0.2, 0.25) is 0 Å². The van der Waals surface area contributed by atoms with Crippen molar-refractivity contribution in [1.29, 1.82) is 0 Å². The minimum absolute atomic E-state index is 0.724. The zero-order chi connectivity index (χ0) is 12.4. The van der Waals surface area contributed by atoms with E-state index in [1.807, 2.05) is 0 Å². The van der Waals surface area contributed by atoms with Gasteiger partial charge in [-0.2, -0.15) is 0 Å². The van der Waals surface area contributed by atoms with Crippen LogP contribution < -0.4 is 4.90 Å². The lowest BCUT2D eigenvalue weighted by molar-refractivity contribution is 0.269. The molecule has 0 aliphatic carbocycles. The molecule has 2 nitrogen and oxygen atoms in total. The molecule has 1 atom stereocenters. The van der Waals surface area contributed by atoms with E-state index in [1.165, 1.54) is 57.5 Å². The van der Waals surface area contributed by atoms with E-state index in [-0.39, 0.29) is 0 Å². The van der Waals surface area contributed by atoms with Crippen molar-refractivity contribution >= 4 is 5.69 Å². The number of hydrogen-bond acceptors (Lipinski definition) is 2. The summed E-state index contributed by atoms with van der Waals surface area (Å²) in [5, 5.41) is 0. The Hall–Kier alpha value is -1.02. The molecule has 0 amide bonds. The fourth-order valence-electron chi connectivity index (χ4n) is 3.43. The van der Waals surface area contributed by atoms with Gasteiger partial charge in [0.2, 0.25) is 0 Å². The van der Waals surface area contributed by atoms with Gasteiger partial charge in [-0.3, -0.25) is 0 Å². The number of hydrogen-bond donors (Lipinski definition) is 0. The molecule has 0 saturated carbocycles. The summed E-state index contributed by atoms with van der Waals surface area (Å²) in [7, 11) is 0. The summed E-state index contributed by atoms with van der Waals surface area (Å²) in [6, 6.07) is 9.69. The molecule has 0 radical (unpaired) electrons. The Labute approximate surface area is 111 Å². The minimum atomic E-state index is 0.724. The maximum atomic E-state index is 2.68. The fraction of sp³-hybridized carbons (Fsp3) is 0.625. The molecule has 1 aromatic carbocycles. The van der Waals surface area contributed by atoms with Crippen molar-refractivity contribution in [1.82, 2.24) is 4.90 Å². The van der Waals surface area contributed by atoms with Crippen molar-refractivity contribution < 1.29 is 0 Å². The minimum Gasteiger partial charge on any atom is -0.367 e. The van der Waals surface area contributed by atoms with Crippen LogP contribution in [0.3, 0.4) is 0 Å². The second-order valence-corrected chi connectivity index (χ2v) is 5.69. The number of nitrogens with zero attached hydrogens (tertiary/aromatic N) is 2. The molecule has 3 rings (SSSR count). The molecule has 98 valence electrons. The second kappa shape index (κ2) is 5.31. The van der Waals surface area contributed by atoms with E-state index in [2.05, 4.69) is 41.0 Å². The lowest BCUT2D eigenvalue weighted by Gasteiger charge is -2.27. The predicted octanol–water partition coefficient (Wildman–Crippen LogP) is 2.92. The van der Waals surface area contributed by atoms with E-state index >= 15 is 0 Å². The van der Waals surface area contributed by atoms with Crippen LogP contribution in [-0.2, 0) is 6.42 Å². The summed E-state index contributed by atoms with van der Waals surface area (Å²) < 4.78 is 0. The number of unbranched alkanes of at least 4 members (excludes halogenated alkanes) is 1. The topological polar surface area (TPSA) is 6.48 Å². The molecular formula is C16H24N2. The van der Waals surface area contributed by atoms with Gasteiger partial charge in [0, 0.05) is 24.8 Å². The zero-order valence-corrected chi connectivity index (χ0v) is 11.4. The highest BCUT2D eigenvalue weighted by atomic mass is 15.3. The Balaban J connectivity index is 1.72. The van der Waals surface area contributed by atoms with Crippen molar-refractivity contribution in [2.75, 3.05) is 31.1 Å². The third kappa shape index (κ3) is 2.26. The molecule has 18 heavy (non-hydrogen) atoms. The molecule has 2 aliphatic rings. The van der Waals surface area contributed by atoms with Crippen LogP contribution in [0.5, 0.6) is 0 Å². The van der Waals surface area contributed by atoms with Crippen LogP contribution in [0.1, 0.15) is 31.7 Å². The average Bonchev–Trinajstić information content (AvgIpc) is 2.61. The van der Waals surface area contributed by atoms with Crippen molar-refractivity contribution in [3.63, 3.8) is 0 Å². The molecular weight excluding hydrogens is 220 g/mol. The molecule has 1 unspecified atom stereocenters. The van der Waals surface area contributed by atoms with Gasteiger partial charge in [0.1, 0.15) is 0 Å². The van der Waals surface area contributed by atoms with Gasteiger partial charge in [0.15, 0.2) is 0 Å². The van der Waals surface area contributed by atoms with Crippen molar-refractivity contribution in [3.05, 3.63) is 29.8 Å². The van der Waals surface area contributed by atoms with Crippen LogP contribution in [0.25, 0.3) is 0 Å². The first-order valence-electron chi connectivity index (χ1n) is 7.45. The van der Waals surface area contributed by atoms with Crippen molar-refractivity contribution in [2.45, 2.75) is 38.6 Å². The number of anilines is 1. The maximum Gasteiger partial charge on any atom is 0.0458 e. The lowest BCUT2D eigenvalue weighted by Crippen LogP contribution is -2.39. The summed E-state index contributed by atoms with van der Waals surface area (Å²) in [6.07, 6.45) is 5.22. The normalized spacial score (nSPS) is 23.6. The Morgan fingerprint density at radius 1 is 1.22 bits per heavy atom. The Morgan fingerprint density at radius 3 is 3.00 bits per heavy atom. The van der Waals surface area contributed by atoms with Gasteiger partial charge in [0.05, 0.1) is 0 Å². The van der Waals surface area contributed by atoms with Gasteiger partial charge in [-0.05, 0) is 44.0 Å². The summed E-state index contributed by atoms with van der Waals surface area (Å²) in [4.78, 5) is 5.33. The molecule has 0 spiro atoms. The fourth-order valence-corrected chi connectivity index (χ4v) is 3.43. The molecule has 1 aromatic rings. The molecule has 2 heterocycles. The largest absolute Gasteiger partial charge is 0.367 e. The first-order valence-corrected chi connectivity index (χ1v) is 7.45. The van der Waals surface area contributed by atoms with Crippen molar-refractivity contribution in [3.8, 4) is 0 Å². The summed E-state index contributed by atoms with van der Waals surface area (Å²) >= 11 is 0. The van der Waals surface area contributed by atoms with Gasteiger partial charge < -0.3 is 9.80 Å². The smallest absolute Gasteiger partial charge is 0.0458 e. The molecule has 0 N–H and O–H groups in total. The van der Waals surface area contributed by atoms with Gasteiger partial charge >= 0.3 is 0 Å². The van der Waals surface area contributed by atoms with Crippen molar-refractivity contribution in [2.24, 2.45) is 0 Å². The van der Waals surface area contributed by atoms with E-state index in [4.69, 9.17) is 0 Å². The monoisotopic (exact) mass is 244 g/mol. The number of rotatable bonds is 3. The molecule has 1 fully saturated rings. The Morgan fingerprint density at radius 2 is 2.11 bits per heavy atom. The standard InChI is InChI=1S/C16H24N2/c1-2-3-9-17-10-6-11-18-15(13-17)12-14-7-4-5-8-16(14)18/h4-5,7-8,15H,2-3,6,9-13H2,1H3. The Bertz CT molecular complexity index is 402. The Kier molecular flexibility index (Phi) is 3.55. The van der Waals surface area contributed by atoms with Gasteiger partial charge in [0.25, 0.3) is 0 Å². The van der Waals surface area contributed by atoms with Crippen LogP contribution >= 0.6 is 0 Å². The molecule has 0 bridgehead atoms. The molecule has 2 aliphatic heterocycles. The van der Waals surface area contributed by atoms with Crippen LogP contribution in [-0.4, -0.2) is 37.1 Å². The quantitative estimate of drug-likeness (QED) is 0.806. The van der Waals surface area contributed by atoms with E-state index in [1.54, 1.807) is 5.56 Å². The van der Waals surface area contributed by atoms with Crippen LogP contribution in [0, 0.1) is 0 Å². The van der Waals surface area contributed by atoms with Gasteiger partial charge in [-0.1, -0.05) is 31.5 Å². The first kappa shape index (κ1) is 12.0. The van der Waals surface area contributed by atoms with E-state index in [0.29, 0.717) is 0 Å². The number of para-hydroxylation sites is 1. The highest BCUT2D eigenvalue weighted by Gasteiger charge is 2.31. The first-order chi connectivity index (χ1) is 8.88. The highest BCUT2D eigenvalue weighted by molar-refractivity contribution is 5.59. The van der Waals surface area contributed by atoms with Gasteiger partial charge in [-0.15, -0.1) is 0 Å². The highest BCUT2D eigenvalue weighted by Crippen LogP contribution is 2.33. The van der Waals surface area contributed by atoms with E-state index < -0.39 is 0 Å². The predicted molar refractivity (Wildman–Crippen MR) is 77.2 cm³/mol. The third-order valence-corrected chi connectivity index (χ3v) is 4.37. The maximum absolute atomic E-state index is 2.68. The third-order valence-electron chi connectivity index (χ3n) is 4.37. The van der Waals surface area contributed by atoms with Gasteiger partial charge in [-0.25, -0.2) is 0 Å². The summed E-state index contributed by atoms with van der Waals surface area (Å²) in [5.74, 6) is 0. The lowest BCUT2D eigenvalue weighted by atomic mass is 10.1. The van der Waals surface area contributed by atoms with Crippen LogP contribution in [0.4, 0.5) is 5.69 Å².